The molecule has 0 radical (unpaired) electrons. The molecule has 0 aliphatic carbocycles. The number of ether oxygens (including phenoxy) is 1. The van der Waals surface area contributed by atoms with Crippen LogP contribution in [0.1, 0.15) is 12.5 Å². The predicted octanol–water partition coefficient (Wildman–Crippen LogP) is 2.27. The van der Waals surface area contributed by atoms with E-state index < -0.39 is 14.9 Å². The molecule has 1 N–H and O–H groups in total. The minimum Gasteiger partial charge on any atom is -0.379 e. The smallest absolute Gasteiger partial charge is 0.294 e. The summed E-state index contributed by atoms with van der Waals surface area (Å²) in [5.41, 5.74) is 2.28. The summed E-state index contributed by atoms with van der Waals surface area (Å²) < 4.78 is 32.1. The number of nitrogens with zero attached hydrogens (tertiary/aromatic N) is 3. The van der Waals surface area contributed by atoms with Crippen molar-refractivity contribution < 1.29 is 22.9 Å². The molecule has 0 aromatic heterocycles. The molecule has 0 saturated carbocycles. The highest BCUT2D eigenvalue weighted by Gasteiger charge is 2.29. The summed E-state index contributed by atoms with van der Waals surface area (Å²) in [4.78, 5) is 24.3. The number of nitro benzene ring substituents is 1. The van der Waals surface area contributed by atoms with Gasteiger partial charge in [-0.25, -0.2) is 8.42 Å². The zero-order chi connectivity index (χ0) is 22.2. The van der Waals surface area contributed by atoms with E-state index in [2.05, 4.69) is 5.32 Å². The summed E-state index contributed by atoms with van der Waals surface area (Å²) in [6.07, 6.45) is 0.698. The van der Waals surface area contributed by atoms with E-state index in [9.17, 15) is 23.3 Å². The lowest BCUT2D eigenvalue weighted by Gasteiger charge is -2.26. The van der Waals surface area contributed by atoms with Crippen LogP contribution >= 0.6 is 0 Å². The zero-order valence-electron chi connectivity index (χ0n) is 16.9. The Balaban J connectivity index is 1.62. The van der Waals surface area contributed by atoms with E-state index >= 15 is 0 Å². The number of amides is 1. The third kappa shape index (κ3) is 4.11. The Bertz CT molecular complexity index is 1140. The molecular weight excluding hydrogens is 424 g/mol. The Labute approximate surface area is 179 Å². The van der Waals surface area contributed by atoms with Gasteiger partial charge in [0.05, 0.1) is 23.0 Å². The van der Waals surface area contributed by atoms with Gasteiger partial charge in [-0.2, -0.15) is 4.31 Å². The number of rotatable bonds is 5. The van der Waals surface area contributed by atoms with Crippen molar-refractivity contribution >= 4 is 38.7 Å². The van der Waals surface area contributed by atoms with Gasteiger partial charge in [0, 0.05) is 44.0 Å². The lowest BCUT2D eigenvalue weighted by Crippen LogP contribution is -2.40. The molecule has 0 atom stereocenters. The second-order valence-corrected chi connectivity index (χ2v) is 9.28. The maximum absolute atomic E-state index is 12.8. The van der Waals surface area contributed by atoms with E-state index in [0.717, 1.165) is 17.3 Å². The standard InChI is InChI=1S/C20H22N4O6S/c1-14(25)23-7-6-15-12-16(2-5-19(15)23)21-18-4-3-17(13-20(18)24(26)27)31(28,29)22-8-10-30-11-9-22/h2-5,12-13,21H,6-11H2,1H3. The fourth-order valence-electron chi connectivity index (χ4n) is 3.83. The number of anilines is 3. The lowest BCUT2D eigenvalue weighted by atomic mass is 10.1. The Kier molecular flexibility index (Phi) is 5.65. The molecule has 1 fully saturated rings. The molecule has 10 nitrogen and oxygen atoms in total. The first-order valence-corrected chi connectivity index (χ1v) is 11.3. The van der Waals surface area contributed by atoms with Crippen molar-refractivity contribution in [3.63, 3.8) is 0 Å². The highest BCUT2D eigenvalue weighted by atomic mass is 32.2. The van der Waals surface area contributed by atoms with Crippen LogP contribution in [-0.4, -0.2) is 56.4 Å². The van der Waals surface area contributed by atoms with Crippen molar-refractivity contribution in [2.75, 3.05) is 43.1 Å². The Hall–Kier alpha value is -3.02. The van der Waals surface area contributed by atoms with Gasteiger partial charge >= 0.3 is 0 Å². The van der Waals surface area contributed by atoms with Gasteiger partial charge in [-0.1, -0.05) is 0 Å². The van der Waals surface area contributed by atoms with Crippen molar-refractivity contribution in [3.05, 3.63) is 52.1 Å². The van der Waals surface area contributed by atoms with Gasteiger partial charge in [-0.15, -0.1) is 0 Å². The summed E-state index contributed by atoms with van der Waals surface area (Å²) in [6.45, 7) is 3.12. The maximum atomic E-state index is 12.8. The second-order valence-electron chi connectivity index (χ2n) is 7.34. The first-order chi connectivity index (χ1) is 14.8. The van der Waals surface area contributed by atoms with Gasteiger partial charge in [0.1, 0.15) is 5.69 Å². The summed E-state index contributed by atoms with van der Waals surface area (Å²) in [5, 5.41) is 14.7. The molecule has 0 bridgehead atoms. The third-order valence-electron chi connectivity index (χ3n) is 5.41. The molecule has 1 amide bonds. The Morgan fingerprint density at radius 1 is 1.13 bits per heavy atom. The van der Waals surface area contributed by atoms with E-state index in [1.54, 1.807) is 17.0 Å². The molecule has 2 heterocycles. The Morgan fingerprint density at radius 2 is 1.87 bits per heavy atom. The van der Waals surface area contributed by atoms with Crippen LogP contribution in [0.15, 0.2) is 41.3 Å². The zero-order valence-corrected chi connectivity index (χ0v) is 17.7. The molecular formula is C20H22N4O6S. The molecule has 2 aliphatic rings. The van der Waals surface area contributed by atoms with Crippen molar-refractivity contribution in [1.29, 1.82) is 0 Å². The first kappa shape index (κ1) is 21.2. The first-order valence-electron chi connectivity index (χ1n) is 9.82. The van der Waals surface area contributed by atoms with Crippen LogP contribution in [0.2, 0.25) is 0 Å². The number of nitro groups is 1. The summed E-state index contributed by atoms with van der Waals surface area (Å²) >= 11 is 0. The molecule has 0 unspecified atom stereocenters. The van der Waals surface area contributed by atoms with E-state index in [1.165, 1.54) is 23.4 Å². The monoisotopic (exact) mass is 446 g/mol. The fraction of sp³-hybridized carbons (Fsp3) is 0.350. The number of nitrogens with one attached hydrogen (secondary N) is 1. The van der Waals surface area contributed by atoms with Gasteiger partial charge in [-0.3, -0.25) is 14.9 Å². The number of carbonyl (C=O) groups excluding carboxylic acids is 1. The molecule has 2 aromatic rings. The van der Waals surface area contributed by atoms with Gasteiger partial charge in [-0.05, 0) is 42.3 Å². The fourth-order valence-corrected chi connectivity index (χ4v) is 5.26. The quantitative estimate of drug-likeness (QED) is 0.552. The van der Waals surface area contributed by atoms with Gasteiger partial charge in [0.25, 0.3) is 5.69 Å². The van der Waals surface area contributed by atoms with Crippen LogP contribution in [-0.2, 0) is 26.0 Å². The topological polar surface area (TPSA) is 122 Å². The summed E-state index contributed by atoms with van der Waals surface area (Å²) in [5.74, 6) is -0.0350. The van der Waals surface area contributed by atoms with Crippen LogP contribution in [0.3, 0.4) is 0 Å². The number of morpholine rings is 1. The molecule has 2 aliphatic heterocycles. The average molecular weight is 446 g/mol. The van der Waals surface area contributed by atoms with Gasteiger partial charge < -0.3 is 15.0 Å². The van der Waals surface area contributed by atoms with Crippen molar-refractivity contribution in [3.8, 4) is 0 Å². The van der Waals surface area contributed by atoms with Crippen molar-refractivity contribution in [2.24, 2.45) is 0 Å². The van der Waals surface area contributed by atoms with E-state index in [0.29, 0.717) is 31.9 Å². The number of fused-ring (bicyclic) bond motifs is 1. The van der Waals surface area contributed by atoms with E-state index in [4.69, 9.17) is 4.74 Å². The highest BCUT2D eigenvalue weighted by molar-refractivity contribution is 7.89. The molecule has 4 rings (SSSR count). The molecule has 11 heteroatoms. The largest absolute Gasteiger partial charge is 0.379 e. The normalized spacial score (nSPS) is 16.7. The number of benzene rings is 2. The third-order valence-corrected chi connectivity index (χ3v) is 7.30. The molecule has 1 saturated heterocycles. The molecule has 2 aromatic carbocycles. The van der Waals surface area contributed by atoms with E-state index in [1.807, 2.05) is 6.07 Å². The number of hydrogen-bond donors (Lipinski definition) is 1. The van der Waals surface area contributed by atoms with Gasteiger partial charge in [0.15, 0.2) is 0 Å². The molecule has 164 valence electrons. The minimum absolute atomic E-state index is 0.0350. The van der Waals surface area contributed by atoms with Gasteiger partial charge in [0.2, 0.25) is 15.9 Å². The number of hydrogen-bond acceptors (Lipinski definition) is 7. The lowest BCUT2D eigenvalue weighted by molar-refractivity contribution is -0.384. The average Bonchev–Trinajstić information content (AvgIpc) is 3.18. The van der Waals surface area contributed by atoms with Crippen LogP contribution in [0.4, 0.5) is 22.7 Å². The van der Waals surface area contributed by atoms with Crippen molar-refractivity contribution in [2.45, 2.75) is 18.2 Å². The van der Waals surface area contributed by atoms with Crippen LogP contribution in [0.25, 0.3) is 0 Å². The summed E-state index contributed by atoms with van der Waals surface area (Å²) in [6, 6.07) is 9.24. The number of sulfonamides is 1. The van der Waals surface area contributed by atoms with E-state index in [-0.39, 0.29) is 35.3 Å². The maximum Gasteiger partial charge on any atom is 0.294 e. The molecule has 31 heavy (non-hydrogen) atoms. The molecule has 0 spiro atoms. The second kappa shape index (κ2) is 8.25. The van der Waals surface area contributed by atoms with Crippen molar-refractivity contribution in [1.82, 2.24) is 4.31 Å². The van der Waals surface area contributed by atoms with Crippen LogP contribution in [0, 0.1) is 10.1 Å². The highest BCUT2D eigenvalue weighted by Crippen LogP contribution is 2.35. The SMILES string of the molecule is CC(=O)N1CCc2cc(Nc3ccc(S(=O)(=O)N4CCOCC4)cc3[N+](=O)[O-])ccc21. The minimum atomic E-state index is -3.85. The predicted molar refractivity (Wildman–Crippen MR) is 114 cm³/mol. The van der Waals surface area contributed by atoms with Crippen LogP contribution < -0.4 is 10.2 Å². The number of carbonyl (C=O) groups is 1. The Morgan fingerprint density at radius 3 is 2.55 bits per heavy atom. The summed E-state index contributed by atoms with van der Waals surface area (Å²) in [7, 11) is -3.85. The van der Waals surface area contributed by atoms with Crippen LogP contribution in [0.5, 0.6) is 0 Å².